The number of esters is 2. The van der Waals surface area contributed by atoms with Gasteiger partial charge in [-0.1, -0.05) is 30.3 Å². The van der Waals surface area contributed by atoms with E-state index >= 15 is 0 Å². The third-order valence-corrected chi connectivity index (χ3v) is 4.77. The molecule has 25 heavy (non-hydrogen) atoms. The predicted molar refractivity (Wildman–Crippen MR) is 95.0 cm³/mol. The quantitative estimate of drug-likeness (QED) is 0.797. The van der Waals surface area contributed by atoms with Gasteiger partial charge in [0.1, 0.15) is 0 Å². The lowest BCUT2D eigenvalue weighted by Gasteiger charge is -2.24. The molecular formula is C21H22O4. The van der Waals surface area contributed by atoms with Crippen molar-refractivity contribution in [2.75, 3.05) is 14.2 Å². The predicted octanol–water partition coefficient (Wildman–Crippen LogP) is 3.73. The summed E-state index contributed by atoms with van der Waals surface area (Å²) >= 11 is 0. The first-order valence-corrected chi connectivity index (χ1v) is 8.54. The third-order valence-electron chi connectivity index (χ3n) is 4.77. The topological polar surface area (TPSA) is 52.6 Å². The highest BCUT2D eigenvalue weighted by Crippen LogP contribution is 2.32. The average Bonchev–Trinajstić information content (AvgIpc) is 2.67. The molecule has 4 nitrogen and oxygen atoms in total. The lowest BCUT2D eigenvalue weighted by atomic mass is 9.81. The van der Waals surface area contributed by atoms with E-state index in [9.17, 15) is 9.59 Å². The zero-order chi connectivity index (χ0) is 17.8. The molecule has 0 fully saturated rings. The Bertz CT molecular complexity index is 793. The Morgan fingerprint density at radius 1 is 0.920 bits per heavy atom. The van der Waals surface area contributed by atoms with Crippen molar-refractivity contribution in [2.45, 2.75) is 32.1 Å². The van der Waals surface area contributed by atoms with E-state index < -0.39 is 0 Å². The van der Waals surface area contributed by atoms with Crippen LogP contribution in [0.1, 0.15) is 55.8 Å². The molecular weight excluding hydrogens is 316 g/mol. The Balaban J connectivity index is 2.20. The van der Waals surface area contributed by atoms with Gasteiger partial charge in [-0.2, -0.15) is 0 Å². The monoisotopic (exact) mass is 338 g/mol. The van der Waals surface area contributed by atoms with Gasteiger partial charge in [0.25, 0.3) is 0 Å². The van der Waals surface area contributed by atoms with Gasteiger partial charge >= 0.3 is 11.9 Å². The maximum atomic E-state index is 12.5. The highest BCUT2D eigenvalue weighted by atomic mass is 16.5. The fraction of sp³-hybridized carbons (Fsp3) is 0.333. The van der Waals surface area contributed by atoms with E-state index in [1.807, 2.05) is 36.4 Å². The van der Waals surface area contributed by atoms with Gasteiger partial charge in [0, 0.05) is 0 Å². The van der Waals surface area contributed by atoms with Crippen LogP contribution in [0.5, 0.6) is 0 Å². The van der Waals surface area contributed by atoms with E-state index in [-0.39, 0.29) is 11.9 Å². The minimum absolute atomic E-state index is 0.333. The maximum Gasteiger partial charge on any atom is 0.338 e. The molecule has 0 heterocycles. The minimum atomic E-state index is -0.344. The van der Waals surface area contributed by atoms with Crippen LogP contribution in [-0.2, 0) is 28.7 Å². The summed E-state index contributed by atoms with van der Waals surface area (Å²) in [6, 6.07) is 11.7. The first-order valence-electron chi connectivity index (χ1n) is 8.54. The number of fused-ring (bicyclic) bond motifs is 1. The minimum Gasteiger partial charge on any atom is -0.465 e. The molecule has 0 unspecified atom stereocenters. The second-order valence-corrected chi connectivity index (χ2v) is 6.27. The van der Waals surface area contributed by atoms with E-state index in [0.717, 1.165) is 47.9 Å². The highest BCUT2D eigenvalue weighted by molar-refractivity contribution is 5.98. The molecule has 0 atom stereocenters. The van der Waals surface area contributed by atoms with E-state index in [0.29, 0.717) is 17.5 Å². The van der Waals surface area contributed by atoms with Gasteiger partial charge in [-0.3, -0.25) is 0 Å². The van der Waals surface area contributed by atoms with Gasteiger partial charge in [0.15, 0.2) is 0 Å². The number of hydrogen-bond donors (Lipinski definition) is 0. The first kappa shape index (κ1) is 17.2. The van der Waals surface area contributed by atoms with Crippen LogP contribution in [0.25, 0.3) is 0 Å². The van der Waals surface area contributed by atoms with Crippen molar-refractivity contribution in [3.8, 4) is 0 Å². The van der Waals surface area contributed by atoms with Gasteiger partial charge in [-0.25, -0.2) is 9.59 Å². The zero-order valence-electron chi connectivity index (χ0n) is 14.6. The summed E-state index contributed by atoms with van der Waals surface area (Å²) in [5.74, 6) is -0.677. The van der Waals surface area contributed by atoms with Crippen LogP contribution in [0.15, 0.2) is 36.4 Å². The Morgan fingerprint density at radius 2 is 1.56 bits per heavy atom. The van der Waals surface area contributed by atoms with Crippen molar-refractivity contribution in [3.63, 3.8) is 0 Å². The van der Waals surface area contributed by atoms with Crippen LogP contribution in [-0.4, -0.2) is 26.2 Å². The second-order valence-electron chi connectivity index (χ2n) is 6.27. The van der Waals surface area contributed by atoms with E-state index in [4.69, 9.17) is 9.47 Å². The highest BCUT2D eigenvalue weighted by Gasteiger charge is 2.27. The van der Waals surface area contributed by atoms with Crippen molar-refractivity contribution in [1.82, 2.24) is 0 Å². The first-order chi connectivity index (χ1) is 12.2. The molecule has 0 saturated carbocycles. The SMILES string of the molecule is COC(=O)c1cc(Cc2ccccc2)c(C(=O)OC)c2c1CCCC2. The Hall–Kier alpha value is -2.62. The molecule has 3 rings (SSSR count). The van der Waals surface area contributed by atoms with Gasteiger partial charge in [0.05, 0.1) is 25.3 Å². The van der Waals surface area contributed by atoms with Gasteiger partial charge in [0.2, 0.25) is 0 Å². The maximum absolute atomic E-state index is 12.5. The Kier molecular flexibility index (Phi) is 5.17. The fourth-order valence-electron chi connectivity index (χ4n) is 3.61. The number of carbonyl (C=O) groups is 2. The summed E-state index contributed by atoms with van der Waals surface area (Å²) < 4.78 is 10.0. The van der Waals surface area contributed by atoms with Crippen LogP contribution in [0, 0.1) is 0 Å². The van der Waals surface area contributed by atoms with Crippen LogP contribution in [0.2, 0.25) is 0 Å². The van der Waals surface area contributed by atoms with E-state index in [2.05, 4.69) is 0 Å². The lowest BCUT2D eigenvalue weighted by Crippen LogP contribution is -2.19. The molecule has 0 radical (unpaired) electrons. The molecule has 2 aromatic carbocycles. The van der Waals surface area contributed by atoms with Gasteiger partial charge in [-0.15, -0.1) is 0 Å². The fourth-order valence-corrected chi connectivity index (χ4v) is 3.61. The number of benzene rings is 2. The van der Waals surface area contributed by atoms with Crippen LogP contribution in [0.3, 0.4) is 0 Å². The standard InChI is InChI=1S/C21H22O4/c1-24-20(22)18-13-15(12-14-8-4-3-5-9-14)19(21(23)25-2)17-11-7-6-10-16(17)18/h3-5,8-9,13H,6-7,10-12H2,1-2H3. The number of ether oxygens (including phenoxy) is 2. The van der Waals surface area contributed by atoms with Crippen molar-refractivity contribution in [2.24, 2.45) is 0 Å². The zero-order valence-corrected chi connectivity index (χ0v) is 14.6. The molecule has 0 spiro atoms. The molecule has 4 heteroatoms. The smallest absolute Gasteiger partial charge is 0.338 e. The normalized spacial score (nSPS) is 13.0. The molecule has 0 amide bonds. The van der Waals surface area contributed by atoms with E-state index in [1.165, 1.54) is 14.2 Å². The largest absolute Gasteiger partial charge is 0.465 e. The van der Waals surface area contributed by atoms with Crippen molar-refractivity contribution < 1.29 is 19.1 Å². The van der Waals surface area contributed by atoms with Gasteiger partial charge in [-0.05, 0) is 60.4 Å². The summed E-state index contributed by atoms with van der Waals surface area (Å²) in [6.45, 7) is 0. The summed E-state index contributed by atoms with van der Waals surface area (Å²) in [6.07, 6.45) is 4.16. The number of rotatable bonds is 4. The second kappa shape index (κ2) is 7.51. The Morgan fingerprint density at radius 3 is 2.20 bits per heavy atom. The average molecular weight is 338 g/mol. The number of hydrogen-bond acceptors (Lipinski definition) is 4. The third kappa shape index (κ3) is 3.43. The summed E-state index contributed by atoms with van der Waals surface area (Å²) in [7, 11) is 2.79. The van der Waals surface area contributed by atoms with Gasteiger partial charge < -0.3 is 9.47 Å². The van der Waals surface area contributed by atoms with Crippen LogP contribution in [0.4, 0.5) is 0 Å². The number of methoxy groups -OCH3 is 2. The van der Waals surface area contributed by atoms with E-state index in [1.54, 1.807) is 0 Å². The van der Waals surface area contributed by atoms with Crippen molar-refractivity contribution in [3.05, 3.63) is 69.8 Å². The van der Waals surface area contributed by atoms with Crippen molar-refractivity contribution in [1.29, 1.82) is 0 Å². The Labute approximate surface area is 147 Å². The van der Waals surface area contributed by atoms with Crippen LogP contribution < -0.4 is 0 Å². The van der Waals surface area contributed by atoms with Crippen LogP contribution >= 0.6 is 0 Å². The molecule has 0 aliphatic heterocycles. The summed E-state index contributed by atoms with van der Waals surface area (Å²) in [5, 5.41) is 0. The summed E-state index contributed by atoms with van der Waals surface area (Å²) in [4.78, 5) is 24.8. The molecule has 130 valence electrons. The molecule has 0 N–H and O–H groups in total. The molecule has 1 aliphatic rings. The molecule has 0 saturated heterocycles. The molecule has 1 aliphatic carbocycles. The number of carbonyl (C=O) groups excluding carboxylic acids is 2. The lowest BCUT2D eigenvalue weighted by molar-refractivity contribution is 0.0583. The molecule has 0 aromatic heterocycles. The molecule has 0 bridgehead atoms. The van der Waals surface area contributed by atoms with Crippen molar-refractivity contribution >= 4 is 11.9 Å². The molecule has 2 aromatic rings. The summed E-state index contributed by atoms with van der Waals surface area (Å²) in [5.41, 5.74) is 4.99.